The van der Waals surface area contributed by atoms with Gasteiger partial charge < -0.3 is 10.1 Å². The first-order chi connectivity index (χ1) is 10.2. The van der Waals surface area contributed by atoms with Gasteiger partial charge in [0.05, 0.1) is 17.7 Å². The van der Waals surface area contributed by atoms with Gasteiger partial charge in [0.25, 0.3) is 0 Å². The molecular weight excluding hydrogens is 335 g/mol. The van der Waals surface area contributed by atoms with E-state index in [4.69, 9.17) is 9.72 Å². The van der Waals surface area contributed by atoms with Crippen LogP contribution < -0.4 is 5.32 Å². The highest BCUT2D eigenvalue weighted by Crippen LogP contribution is 2.25. The number of carbonyl (C=O) groups excluding carboxylic acids is 1. The highest BCUT2D eigenvalue weighted by molar-refractivity contribution is 5.95. The lowest BCUT2D eigenvalue weighted by molar-refractivity contribution is 0.0526. The van der Waals surface area contributed by atoms with Gasteiger partial charge >= 0.3 is 5.97 Å². The van der Waals surface area contributed by atoms with Crippen LogP contribution in [-0.4, -0.2) is 30.6 Å². The minimum absolute atomic E-state index is 0. The van der Waals surface area contributed by atoms with Crippen LogP contribution in [0.2, 0.25) is 0 Å². The summed E-state index contributed by atoms with van der Waals surface area (Å²) in [6, 6.07) is 5.63. The smallest absolute Gasteiger partial charge is 0.338 e. The minimum Gasteiger partial charge on any atom is -0.462 e. The summed E-state index contributed by atoms with van der Waals surface area (Å²) in [6.45, 7) is 6.30. The Kier molecular flexibility index (Phi) is 7.26. The van der Waals surface area contributed by atoms with Gasteiger partial charge in [0, 0.05) is 24.0 Å². The van der Waals surface area contributed by atoms with Crippen LogP contribution in [0.1, 0.15) is 34.1 Å². The summed E-state index contributed by atoms with van der Waals surface area (Å²) >= 11 is 0. The van der Waals surface area contributed by atoms with E-state index in [0.29, 0.717) is 12.2 Å². The number of rotatable bonds is 2. The zero-order chi connectivity index (χ0) is 14.8. The third-order valence-corrected chi connectivity index (χ3v) is 4.06. The van der Waals surface area contributed by atoms with E-state index in [1.54, 1.807) is 6.07 Å². The number of aromatic nitrogens is 1. The fourth-order valence-corrected chi connectivity index (χ4v) is 2.95. The molecule has 0 fully saturated rings. The van der Waals surface area contributed by atoms with Crippen molar-refractivity contribution < 1.29 is 9.53 Å². The second kappa shape index (κ2) is 8.48. The molecule has 1 aromatic carbocycles. The predicted molar refractivity (Wildman–Crippen MR) is 97.2 cm³/mol. The normalized spacial score (nSPS) is 13.3. The van der Waals surface area contributed by atoms with Crippen molar-refractivity contribution in [2.45, 2.75) is 26.7 Å². The molecule has 126 valence electrons. The lowest BCUT2D eigenvalue weighted by Crippen LogP contribution is -2.16. The van der Waals surface area contributed by atoms with E-state index in [0.717, 1.165) is 36.8 Å². The van der Waals surface area contributed by atoms with E-state index >= 15 is 0 Å². The van der Waals surface area contributed by atoms with Crippen molar-refractivity contribution in [3.63, 3.8) is 0 Å². The molecule has 0 saturated heterocycles. The molecule has 23 heavy (non-hydrogen) atoms. The van der Waals surface area contributed by atoms with E-state index in [2.05, 4.69) is 12.2 Å². The Balaban J connectivity index is 0.00000132. The van der Waals surface area contributed by atoms with E-state index in [1.165, 1.54) is 16.8 Å². The number of nitrogens with zero attached hydrogens (tertiary/aromatic N) is 1. The average molecular weight is 357 g/mol. The molecular formula is C17H22Cl2N2O2. The summed E-state index contributed by atoms with van der Waals surface area (Å²) in [7, 11) is 0. The van der Waals surface area contributed by atoms with Crippen molar-refractivity contribution in [1.29, 1.82) is 0 Å². The molecule has 6 heteroatoms. The molecule has 1 aliphatic rings. The fraction of sp³-hybridized carbons (Fsp3) is 0.412. The zero-order valence-electron chi connectivity index (χ0n) is 13.3. The first-order valence-electron chi connectivity index (χ1n) is 7.50. The molecule has 0 radical (unpaired) electrons. The summed E-state index contributed by atoms with van der Waals surface area (Å²) in [5, 5.41) is 4.46. The molecule has 0 bridgehead atoms. The van der Waals surface area contributed by atoms with Gasteiger partial charge in [-0.05, 0) is 56.1 Å². The summed E-state index contributed by atoms with van der Waals surface area (Å²) in [6.07, 6.45) is 1.96. The maximum Gasteiger partial charge on any atom is 0.338 e. The Morgan fingerprint density at radius 2 is 2.00 bits per heavy atom. The average Bonchev–Trinajstić information content (AvgIpc) is 2.73. The van der Waals surface area contributed by atoms with Gasteiger partial charge in [-0.25, -0.2) is 4.79 Å². The number of ether oxygens (including phenoxy) is 1. The predicted octanol–water partition coefficient (Wildman–Crippen LogP) is 3.25. The summed E-state index contributed by atoms with van der Waals surface area (Å²) in [4.78, 5) is 16.7. The van der Waals surface area contributed by atoms with Gasteiger partial charge in [0.15, 0.2) is 0 Å². The van der Waals surface area contributed by atoms with Gasteiger partial charge in [-0.3, -0.25) is 4.98 Å². The number of fused-ring (bicyclic) bond motifs is 2. The summed E-state index contributed by atoms with van der Waals surface area (Å²) in [5.41, 5.74) is 5.31. The van der Waals surface area contributed by atoms with E-state index < -0.39 is 0 Å². The third kappa shape index (κ3) is 3.94. The standard InChI is InChI=1S/C17H20N2O2.2ClH/c1-3-21-17(20)12-4-5-15-14(10-12)11(2)13-6-8-18-9-7-16(13)19-15;;/h4-5,10,18H,3,6-9H2,1-2H3;2*1H. The van der Waals surface area contributed by atoms with Crippen LogP contribution in [0.15, 0.2) is 18.2 Å². The van der Waals surface area contributed by atoms with Gasteiger partial charge in [0.1, 0.15) is 0 Å². The Hall–Kier alpha value is -1.36. The molecule has 4 nitrogen and oxygen atoms in total. The second-order valence-electron chi connectivity index (χ2n) is 5.36. The largest absolute Gasteiger partial charge is 0.462 e. The SMILES string of the molecule is CCOC(=O)c1ccc2nc3c(c(C)c2c1)CCNCC3.Cl.Cl. The number of hydrogen-bond donors (Lipinski definition) is 1. The number of pyridine rings is 1. The van der Waals surface area contributed by atoms with Crippen LogP contribution in [-0.2, 0) is 17.6 Å². The van der Waals surface area contributed by atoms with Crippen LogP contribution in [0.3, 0.4) is 0 Å². The third-order valence-electron chi connectivity index (χ3n) is 4.06. The molecule has 0 spiro atoms. The molecule has 1 aromatic heterocycles. The number of esters is 1. The molecule has 0 amide bonds. The topological polar surface area (TPSA) is 51.2 Å². The quantitative estimate of drug-likeness (QED) is 0.839. The first-order valence-corrected chi connectivity index (χ1v) is 7.50. The lowest BCUT2D eigenvalue weighted by atomic mass is 9.97. The van der Waals surface area contributed by atoms with Crippen LogP contribution in [0.5, 0.6) is 0 Å². The van der Waals surface area contributed by atoms with Gasteiger partial charge in [-0.2, -0.15) is 0 Å². The van der Waals surface area contributed by atoms with E-state index in [9.17, 15) is 4.79 Å². The summed E-state index contributed by atoms with van der Waals surface area (Å²) in [5.74, 6) is -0.268. The zero-order valence-corrected chi connectivity index (χ0v) is 15.0. The number of halogens is 2. The van der Waals surface area contributed by atoms with Gasteiger partial charge in [-0.1, -0.05) is 0 Å². The molecule has 0 unspecified atom stereocenters. The monoisotopic (exact) mass is 356 g/mol. The van der Waals surface area contributed by atoms with Crippen molar-refractivity contribution >= 4 is 41.7 Å². The number of benzene rings is 1. The van der Waals surface area contributed by atoms with Crippen molar-refractivity contribution in [2.24, 2.45) is 0 Å². The Labute approximate surface area is 148 Å². The number of carbonyl (C=O) groups is 1. The van der Waals surface area contributed by atoms with Gasteiger partial charge in [-0.15, -0.1) is 24.8 Å². The molecule has 2 aromatic rings. The Morgan fingerprint density at radius 1 is 1.26 bits per heavy atom. The number of nitrogens with one attached hydrogen (secondary N) is 1. The fourth-order valence-electron chi connectivity index (χ4n) is 2.95. The van der Waals surface area contributed by atoms with Crippen molar-refractivity contribution in [3.8, 4) is 0 Å². The highest BCUT2D eigenvalue weighted by atomic mass is 35.5. The second-order valence-corrected chi connectivity index (χ2v) is 5.36. The molecule has 0 saturated carbocycles. The molecule has 0 atom stereocenters. The van der Waals surface area contributed by atoms with Crippen molar-refractivity contribution in [3.05, 3.63) is 40.6 Å². The highest BCUT2D eigenvalue weighted by Gasteiger charge is 2.16. The first kappa shape index (κ1) is 19.7. The molecule has 3 rings (SSSR count). The van der Waals surface area contributed by atoms with Crippen LogP contribution in [0, 0.1) is 6.92 Å². The van der Waals surface area contributed by atoms with E-state index in [-0.39, 0.29) is 30.8 Å². The lowest BCUT2D eigenvalue weighted by Gasteiger charge is -2.13. The molecule has 0 aliphatic carbocycles. The molecule has 2 heterocycles. The Morgan fingerprint density at radius 3 is 2.74 bits per heavy atom. The van der Waals surface area contributed by atoms with Crippen molar-refractivity contribution in [1.82, 2.24) is 10.3 Å². The van der Waals surface area contributed by atoms with E-state index in [1.807, 2.05) is 19.1 Å². The summed E-state index contributed by atoms with van der Waals surface area (Å²) < 4.78 is 5.08. The minimum atomic E-state index is -0.268. The molecule has 1 N–H and O–H groups in total. The van der Waals surface area contributed by atoms with Crippen molar-refractivity contribution in [2.75, 3.05) is 19.7 Å². The maximum atomic E-state index is 11.9. The molecule has 1 aliphatic heterocycles. The number of aryl methyl sites for hydroxylation is 1. The Bertz CT molecular complexity index is 705. The van der Waals surface area contributed by atoms with Crippen LogP contribution in [0.4, 0.5) is 0 Å². The maximum absolute atomic E-state index is 11.9. The number of hydrogen-bond acceptors (Lipinski definition) is 4. The van der Waals surface area contributed by atoms with Gasteiger partial charge in [0.2, 0.25) is 0 Å². The van der Waals surface area contributed by atoms with Crippen LogP contribution >= 0.6 is 24.8 Å². The van der Waals surface area contributed by atoms with Crippen LogP contribution in [0.25, 0.3) is 10.9 Å².